The number of nitrogens with zero attached hydrogens (tertiary/aromatic N) is 1. The number of unbranched alkanes of at least 4 members (excludes halogenated alkanes) is 27. The summed E-state index contributed by atoms with van der Waals surface area (Å²) in [5.74, 6) is -0.571. The monoisotopic (exact) mass is 1080 g/mol. The third-order valence-electron chi connectivity index (χ3n) is 13.3. The number of esters is 1. The lowest BCUT2D eigenvalue weighted by molar-refractivity contribution is -0.870. The first-order chi connectivity index (χ1) is 36.9. The summed E-state index contributed by atoms with van der Waals surface area (Å²) in [6.45, 7) is 6.66. The number of ether oxygens (including phenoxy) is 1. The predicted octanol–water partition coefficient (Wildman–Crippen LogP) is 18.5. The molecule has 1 N–H and O–H groups in total. The number of carbonyl (C=O) groups excluding carboxylic acids is 2. The van der Waals surface area contributed by atoms with Gasteiger partial charge in [-0.15, -0.1) is 0 Å². The fourth-order valence-corrected chi connectivity index (χ4v) is 9.23. The fourth-order valence-electron chi connectivity index (χ4n) is 8.50. The number of carbonyl (C=O) groups is 2. The molecule has 0 saturated carbocycles. The minimum atomic E-state index is -4.71. The van der Waals surface area contributed by atoms with E-state index >= 15 is 0 Å². The van der Waals surface area contributed by atoms with E-state index in [9.17, 15) is 19.0 Å². The van der Waals surface area contributed by atoms with E-state index in [0.717, 1.165) is 103 Å². The number of quaternary nitrogens is 1. The Morgan fingerprint density at radius 2 is 0.895 bits per heavy atom. The Morgan fingerprint density at radius 3 is 1.39 bits per heavy atom. The molecule has 0 heterocycles. The van der Waals surface area contributed by atoms with Crippen molar-refractivity contribution in [1.29, 1.82) is 0 Å². The number of amides is 1. The van der Waals surface area contributed by atoms with Gasteiger partial charge in [0.05, 0.1) is 33.8 Å². The van der Waals surface area contributed by atoms with Crippen LogP contribution in [0.15, 0.2) is 97.2 Å². The molecule has 0 aromatic heterocycles. The number of hydrogen-bond acceptors (Lipinski definition) is 7. The van der Waals surface area contributed by atoms with Gasteiger partial charge in [-0.3, -0.25) is 14.2 Å². The van der Waals surface area contributed by atoms with Crippen LogP contribution in [0.1, 0.15) is 258 Å². The van der Waals surface area contributed by atoms with Gasteiger partial charge in [-0.25, -0.2) is 0 Å². The van der Waals surface area contributed by atoms with Crippen molar-refractivity contribution in [3.8, 4) is 0 Å². The molecule has 0 saturated heterocycles. The lowest BCUT2D eigenvalue weighted by Gasteiger charge is -2.30. The molecule has 0 fully saturated rings. The molecule has 0 radical (unpaired) electrons. The summed E-state index contributed by atoms with van der Waals surface area (Å²) in [6.07, 6.45) is 73.7. The summed E-state index contributed by atoms with van der Waals surface area (Å²) in [5.41, 5.74) is 0. The zero-order valence-corrected chi connectivity index (χ0v) is 50.8. The van der Waals surface area contributed by atoms with E-state index in [1.807, 2.05) is 33.3 Å². The van der Waals surface area contributed by atoms with Crippen LogP contribution in [-0.4, -0.2) is 69.4 Å². The van der Waals surface area contributed by atoms with Gasteiger partial charge >= 0.3 is 5.97 Å². The highest BCUT2D eigenvalue weighted by Crippen LogP contribution is 2.38. The van der Waals surface area contributed by atoms with E-state index in [2.05, 4.69) is 111 Å². The quantitative estimate of drug-likeness (QED) is 0.0161. The summed E-state index contributed by atoms with van der Waals surface area (Å²) in [6, 6.07) is -0.904. The number of allylic oxidation sites excluding steroid dienone is 15. The Bertz CT molecular complexity index is 1620. The molecule has 3 atom stereocenters. The molecule has 76 heavy (non-hydrogen) atoms. The van der Waals surface area contributed by atoms with Gasteiger partial charge in [0, 0.05) is 12.8 Å². The summed E-state index contributed by atoms with van der Waals surface area (Å²) >= 11 is 0. The first-order valence-corrected chi connectivity index (χ1v) is 32.5. The number of phosphoric ester groups is 1. The van der Waals surface area contributed by atoms with Crippen LogP contribution in [0.4, 0.5) is 0 Å². The van der Waals surface area contributed by atoms with Crippen LogP contribution < -0.4 is 10.2 Å². The van der Waals surface area contributed by atoms with Crippen LogP contribution in [0.3, 0.4) is 0 Å². The van der Waals surface area contributed by atoms with Crippen molar-refractivity contribution in [2.45, 2.75) is 270 Å². The molecule has 0 spiro atoms. The Kier molecular flexibility index (Phi) is 53.0. The SMILES string of the molecule is CC/C=C/C=C/C=C/CCCCCCCCCC(=O)NC(COP(=O)([O-])OCC[N+](C)(C)C)C(/C=C\CCCCCCCCCCCC)OC(=O)CCCCCCCCC/C=C\C/C=C\C/C=C\C/C=C\CCCCC. The van der Waals surface area contributed by atoms with Crippen molar-refractivity contribution in [2.75, 3.05) is 40.9 Å². The van der Waals surface area contributed by atoms with Gasteiger partial charge < -0.3 is 28.5 Å². The number of likely N-dealkylation sites (N-methyl/N-ethyl adjacent to an activating group) is 1. The van der Waals surface area contributed by atoms with E-state index in [1.54, 1.807) is 0 Å². The number of hydrogen-bond donors (Lipinski definition) is 1. The molecular weight excluding hydrogens is 964 g/mol. The minimum Gasteiger partial charge on any atom is -0.756 e. The second-order valence-electron chi connectivity index (χ2n) is 21.9. The number of phosphoric acid groups is 1. The van der Waals surface area contributed by atoms with Crippen LogP contribution in [0, 0.1) is 0 Å². The van der Waals surface area contributed by atoms with Crippen molar-refractivity contribution in [3.63, 3.8) is 0 Å². The van der Waals surface area contributed by atoms with Crippen molar-refractivity contribution in [3.05, 3.63) is 97.2 Å². The van der Waals surface area contributed by atoms with E-state index in [4.69, 9.17) is 13.8 Å². The summed E-state index contributed by atoms with van der Waals surface area (Å²) in [7, 11) is 1.16. The average Bonchev–Trinajstić information content (AvgIpc) is 3.38. The van der Waals surface area contributed by atoms with E-state index < -0.39 is 26.6 Å². The predicted molar refractivity (Wildman–Crippen MR) is 325 cm³/mol. The second-order valence-corrected chi connectivity index (χ2v) is 23.3. The molecule has 0 rings (SSSR count). The van der Waals surface area contributed by atoms with Gasteiger partial charge in [-0.05, 0) is 96.0 Å². The second kappa shape index (κ2) is 55.3. The molecule has 0 aromatic carbocycles. The van der Waals surface area contributed by atoms with E-state index in [0.29, 0.717) is 23.9 Å². The average molecular weight is 1080 g/mol. The normalized spacial score (nSPS) is 14.4. The minimum absolute atomic E-state index is 0.0313. The maximum Gasteiger partial charge on any atom is 0.306 e. The van der Waals surface area contributed by atoms with Crippen molar-refractivity contribution in [2.24, 2.45) is 0 Å². The zero-order chi connectivity index (χ0) is 55.7. The molecule has 0 bridgehead atoms. The van der Waals surface area contributed by atoms with Crippen LogP contribution in [0.25, 0.3) is 0 Å². The molecule has 438 valence electrons. The third kappa shape index (κ3) is 55.7. The lowest BCUT2D eigenvalue weighted by atomic mass is 10.0. The number of nitrogens with one attached hydrogen (secondary N) is 1. The summed E-state index contributed by atoms with van der Waals surface area (Å²) < 4.78 is 30.3. The van der Waals surface area contributed by atoms with E-state index in [1.165, 1.54) is 116 Å². The smallest absolute Gasteiger partial charge is 0.306 e. The van der Waals surface area contributed by atoms with Gasteiger partial charge in [0.1, 0.15) is 19.3 Å². The van der Waals surface area contributed by atoms with Gasteiger partial charge in [-0.1, -0.05) is 247 Å². The topological polar surface area (TPSA) is 114 Å². The Hall–Kier alpha value is -3.07. The van der Waals surface area contributed by atoms with Gasteiger partial charge in [0.25, 0.3) is 7.82 Å². The molecule has 0 aliphatic heterocycles. The molecule has 0 aromatic rings. The molecule has 3 unspecified atom stereocenters. The Balaban J connectivity index is 5.25. The third-order valence-corrected chi connectivity index (χ3v) is 14.3. The molecule has 0 aliphatic rings. The van der Waals surface area contributed by atoms with Crippen LogP contribution in [0.2, 0.25) is 0 Å². The maximum atomic E-state index is 13.5. The van der Waals surface area contributed by atoms with Crippen molar-refractivity contribution in [1.82, 2.24) is 5.32 Å². The first kappa shape index (κ1) is 72.9. The highest BCUT2D eigenvalue weighted by Gasteiger charge is 2.27. The Morgan fingerprint density at radius 1 is 0.487 bits per heavy atom. The van der Waals surface area contributed by atoms with Crippen LogP contribution in [-0.2, 0) is 27.9 Å². The Labute approximate surface area is 468 Å². The zero-order valence-electron chi connectivity index (χ0n) is 49.9. The highest BCUT2D eigenvalue weighted by atomic mass is 31.2. The van der Waals surface area contributed by atoms with Gasteiger partial charge in [-0.2, -0.15) is 0 Å². The molecule has 1 amide bonds. The van der Waals surface area contributed by atoms with Crippen LogP contribution in [0.5, 0.6) is 0 Å². The van der Waals surface area contributed by atoms with Gasteiger partial charge in [0.2, 0.25) is 5.91 Å². The summed E-state index contributed by atoms with van der Waals surface area (Å²) in [5, 5.41) is 3.02. The summed E-state index contributed by atoms with van der Waals surface area (Å²) in [4.78, 5) is 40.0. The standard InChI is InChI=1S/C66H117N2O7P/c1-7-10-13-16-19-22-25-28-30-31-32-33-34-35-36-37-39-41-44-47-50-53-56-59-66(70)75-64(57-54-51-48-45-42-27-24-21-18-15-12-9-3)63(62-74-76(71,72)73-61-60-68(4,5)6)67-65(69)58-55-52-49-46-43-40-38-29-26-23-20-17-14-11-8-2/h11,14,17,19-20,22-23,26,28,30,32-33,35-36,54,57,63-64H,7-10,12-13,15-16,18,21,24-25,27,29,31,34,37-53,55-56,58-62H2,1-6H3,(H-,67,69,71,72)/b14-11+,20-17+,22-19-,26-23+,30-28-,33-32-,36-35-,57-54-. The van der Waals surface area contributed by atoms with Crippen LogP contribution >= 0.6 is 7.82 Å². The molecule has 9 nitrogen and oxygen atoms in total. The van der Waals surface area contributed by atoms with E-state index in [-0.39, 0.29) is 24.9 Å². The first-order valence-electron chi connectivity index (χ1n) is 31.1. The fraction of sp³-hybridized carbons (Fsp3) is 0.727. The number of rotatable bonds is 55. The molecular formula is C66H117N2O7P. The largest absolute Gasteiger partial charge is 0.756 e. The highest BCUT2D eigenvalue weighted by molar-refractivity contribution is 7.45. The molecule has 0 aliphatic carbocycles. The lowest BCUT2D eigenvalue weighted by Crippen LogP contribution is -2.47. The van der Waals surface area contributed by atoms with Crippen molar-refractivity contribution >= 4 is 19.7 Å². The van der Waals surface area contributed by atoms with Gasteiger partial charge in [0.15, 0.2) is 0 Å². The maximum absolute atomic E-state index is 13.5. The molecule has 10 heteroatoms. The van der Waals surface area contributed by atoms with Crippen molar-refractivity contribution < 1.29 is 37.3 Å².